The Hall–Kier alpha value is -10.4. The van der Waals surface area contributed by atoms with Gasteiger partial charge in [0.25, 0.3) is 0 Å². The molecule has 0 aliphatic rings. The van der Waals surface area contributed by atoms with Gasteiger partial charge in [-0.2, -0.15) is 0 Å². The van der Waals surface area contributed by atoms with Crippen LogP contribution >= 0.6 is 0 Å². The van der Waals surface area contributed by atoms with Crippen molar-refractivity contribution in [2.75, 3.05) is 0 Å². The van der Waals surface area contributed by atoms with Gasteiger partial charge in [-0.3, -0.25) is 0 Å². The van der Waals surface area contributed by atoms with Crippen molar-refractivity contribution >= 4 is 43.9 Å². The van der Waals surface area contributed by atoms with Crippen molar-refractivity contribution in [3.8, 4) is 67.5 Å². The molecule has 1 atom stereocenters. The van der Waals surface area contributed by atoms with Crippen LogP contribution in [0.25, 0.3) is 111 Å². The van der Waals surface area contributed by atoms with Crippen molar-refractivity contribution in [3.05, 3.63) is 352 Å². The summed E-state index contributed by atoms with van der Waals surface area (Å²) >= 11 is 0. The average molecular weight is 1560 g/mol. The molecular formula is C83H62Ir2N6O2. The molecular weight excluding hydrogens is 1500 g/mol. The third-order valence-corrected chi connectivity index (χ3v) is 14.3. The molecule has 93 heavy (non-hydrogen) atoms. The van der Waals surface area contributed by atoms with E-state index in [1.165, 1.54) is 5.56 Å². The predicted octanol–water partition coefficient (Wildman–Crippen LogP) is 20.8. The summed E-state index contributed by atoms with van der Waals surface area (Å²) < 4.78 is 35.0. The normalized spacial score (nSPS) is 11.2. The molecule has 0 saturated carbocycles. The van der Waals surface area contributed by atoms with Crippen LogP contribution in [0.2, 0.25) is 0 Å². The van der Waals surface area contributed by atoms with Crippen molar-refractivity contribution in [1.29, 1.82) is 0 Å². The number of para-hydroxylation sites is 2. The quantitative estimate of drug-likeness (QED) is 0.139. The van der Waals surface area contributed by atoms with Crippen LogP contribution in [0.4, 0.5) is 0 Å². The second-order valence-electron chi connectivity index (χ2n) is 20.5. The zero-order valence-electron chi connectivity index (χ0n) is 53.8. The Bertz CT molecular complexity index is 4490. The van der Waals surface area contributed by atoms with Crippen molar-refractivity contribution in [1.82, 2.24) is 29.9 Å². The van der Waals surface area contributed by atoms with Gasteiger partial charge in [0.1, 0.15) is 11.2 Å². The van der Waals surface area contributed by atoms with Gasteiger partial charge in [-0.1, -0.05) is 151 Å². The van der Waals surface area contributed by atoms with E-state index in [1.54, 1.807) is 44.0 Å². The molecule has 0 bridgehead atoms. The minimum atomic E-state index is -2.05. The van der Waals surface area contributed by atoms with Gasteiger partial charge in [0.15, 0.2) is 0 Å². The van der Waals surface area contributed by atoms with Gasteiger partial charge in [0.05, 0.1) is 11.2 Å². The first-order chi connectivity index (χ1) is 46.2. The van der Waals surface area contributed by atoms with E-state index in [4.69, 9.17) is 12.9 Å². The smallest absolute Gasteiger partial charge is 0.501 e. The molecule has 0 spiro atoms. The fraction of sp³-hybridized carbons (Fsp3) is 0.0602. The summed E-state index contributed by atoms with van der Waals surface area (Å²) in [5.41, 5.74) is 16.6. The van der Waals surface area contributed by atoms with Crippen LogP contribution in [-0.4, -0.2) is 29.9 Å². The Kier molecular flexibility index (Phi) is 23.4. The molecule has 0 radical (unpaired) electrons. The number of fused-ring (bicyclic) bond motifs is 6. The second-order valence-corrected chi connectivity index (χ2v) is 20.5. The molecule has 0 fully saturated rings. The molecule has 0 aliphatic carbocycles. The molecule has 16 aromatic rings. The third kappa shape index (κ3) is 18.0. The molecule has 16 rings (SSSR count). The van der Waals surface area contributed by atoms with E-state index in [0.717, 1.165) is 118 Å². The van der Waals surface area contributed by atoms with Gasteiger partial charge in [0, 0.05) is 52.1 Å². The molecule has 8 aromatic heterocycles. The van der Waals surface area contributed by atoms with Crippen molar-refractivity contribution in [2.45, 2.75) is 33.0 Å². The standard InChI is InChI=1S/C20H16NO.C19H14NO.4C11H8N.2Ir/c1-13(2)14-10-11-21-18(12-14)17-8-5-7-16-15-6-3-4-9-19(15)22-20(16)17;1-2-13-10-11-20-17(12-13)16-8-5-7-15-14-6-3-4-9-18(14)21-19(15)16;4*1-2-6-10(7-3-1)11-8-4-5-9-12-11;;/h3-7,9-13H,1-2H3;3-7,9-12H,2H2,1H3;4*1-6,8-9H;;/q6*-1;2*+3/i1D3;;;;;;;. The maximum atomic E-state index is 7.64. The van der Waals surface area contributed by atoms with Gasteiger partial charge in [-0.15, -0.1) is 180 Å². The van der Waals surface area contributed by atoms with Gasteiger partial charge < -0.3 is 38.7 Å². The minimum Gasteiger partial charge on any atom is -0.501 e. The summed E-state index contributed by atoms with van der Waals surface area (Å²) in [6.45, 7) is 1.80. The summed E-state index contributed by atoms with van der Waals surface area (Å²) in [5, 5.41) is 4.29. The van der Waals surface area contributed by atoms with Gasteiger partial charge in [0.2, 0.25) is 0 Å². The number of hydrogen-bond donors (Lipinski definition) is 0. The number of furan rings is 2. The zero-order chi connectivity index (χ0) is 64.7. The van der Waals surface area contributed by atoms with Crippen LogP contribution < -0.4 is 0 Å². The van der Waals surface area contributed by atoms with Crippen LogP contribution in [0, 0.1) is 36.4 Å². The largest absolute Gasteiger partial charge is 3.00 e. The van der Waals surface area contributed by atoms with E-state index in [0.29, 0.717) is 5.69 Å². The Labute approximate surface area is 575 Å². The number of pyridine rings is 6. The Morgan fingerprint density at radius 3 is 1.05 bits per heavy atom. The fourth-order valence-electron chi connectivity index (χ4n) is 9.74. The van der Waals surface area contributed by atoms with Crippen LogP contribution in [0.5, 0.6) is 0 Å². The molecule has 0 N–H and O–H groups in total. The summed E-state index contributed by atoms with van der Waals surface area (Å²) in [6, 6.07) is 105. The van der Waals surface area contributed by atoms with E-state index in [2.05, 4.69) is 85.4 Å². The number of rotatable bonds is 8. The predicted molar refractivity (Wildman–Crippen MR) is 369 cm³/mol. The van der Waals surface area contributed by atoms with Gasteiger partial charge >= 0.3 is 40.2 Å². The van der Waals surface area contributed by atoms with E-state index in [1.807, 2.05) is 255 Å². The molecule has 10 heteroatoms. The first-order valence-corrected chi connectivity index (χ1v) is 29.8. The number of hydrogen-bond acceptors (Lipinski definition) is 8. The molecule has 454 valence electrons. The molecule has 0 saturated heterocycles. The first kappa shape index (κ1) is 62.7. The Morgan fingerprint density at radius 2 is 0.699 bits per heavy atom. The molecule has 8 heterocycles. The number of aromatic nitrogens is 6. The molecule has 1 unspecified atom stereocenters. The summed E-state index contributed by atoms with van der Waals surface area (Å²) in [6.07, 6.45) is 11.6. The van der Waals surface area contributed by atoms with E-state index >= 15 is 0 Å². The summed E-state index contributed by atoms with van der Waals surface area (Å²) in [5.74, 6) is -0.566. The number of aryl methyl sites for hydroxylation is 1. The third-order valence-electron chi connectivity index (χ3n) is 14.3. The SMILES string of the molecule is CCc1ccnc(-c2[c-]ccc3c2oc2ccccc23)c1.[2H]C([2H])([2H])C(C)c1ccnc(-c2[c-]ccc3c2oc2ccccc23)c1.[Ir+3].[Ir+3].[c-]1ccccc1-c1ccccn1.[c-]1ccccc1-c1ccccn1.[c-]1ccccc1-c1ccccn1.[c-]1ccccc1-c1ccccn1. The van der Waals surface area contributed by atoms with Crippen LogP contribution in [-0.2, 0) is 46.6 Å². The first-order valence-electron chi connectivity index (χ1n) is 31.3. The van der Waals surface area contributed by atoms with Crippen molar-refractivity contribution in [3.63, 3.8) is 0 Å². The van der Waals surface area contributed by atoms with E-state index in [-0.39, 0.29) is 40.2 Å². The topological polar surface area (TPSA) is 104 Å². The summed E-state index contributed by atoms with van der Waals surface area (Å²) in [7, 11) is 0. The van der Waals surface area contributed by atoms with Gasteiger partial charge in [-0.25, -0.2) is 0 Å². The van der Waals surface area contributed by atoms with Gasteiger partial charge in [-0.05, 0) is 95.0 Å². The van der Waals surface area contributed by atoms with E-state index < -0.39 is 12.8 Å². The fourth-order valence-corrected chi connectivity index (χ4v) is 9.74. The number of benzene rings is 8. The van der Waals surface area contributed by atoms with Crippen molar-refractivity contribution in [2.24, 2.45) is 0 Å². The molecule has 8 nitrogen and oxygen atoms in total. The maximum absolute atomic E-state index is 7.64. The van der Waals surface area contributed by atoms with Crippen LogP contribution in [0.15, 0.2) is 313 Å². The Balaban J connectivity index is 0.000000139. The zero-order valence-corrected chi connectivity index (χ0v) is 55.6. The van der Waals surface area contributed by atoms with Crippen molar-refractivity contribution < 1.29 is 53.2 Å². The molecule has 0 amide bonds. The molecule has 0 aliphatic heterocycles. The minimum absolute atomic E-state index is 0. The average Bonchev–Trinajstić information content (AvgIpc) is 1.62. The molecule has 8 aromatic carbocycles. The Morgan fingerprint density at radius 1 is 0.344 bits per heavy atom. The van der Waals surface area contributed by atoms with Crippen LogP contribution in [0.1, 0.15) is 41.9 Å². The monoisotopic (exact) mass is 1560 g/mol. The maximum Gasteiger partial charge on any atom is 3.00 e. The van der Waals surface area contributed by atoms with Crippen LogP contribution in [0.3, 0.4) is 0 Å². The number of nitrogens with zero attached hydrogens (tertiary/aromatic N) is 6. The van der Waals surface area contributed by atoms with E-state index in [9.17, 15) is 0 Å². The summed E-state index contributed by atoms with van der Waals surface area (Å²) in [4.78, 5) is 25.8. The second kappa shape index (κ2) is 34.7.